The molecule has 1 aliphatic rings. The minimum atomic E-state index is -3.28. The van der Waals surface area contributed by atoms with Crippen molar-refractivity contribution in [3.63, 3.8) is 0 Å². The maximum Gasteiger partial charge on any atom is 0.209 e. The van der Waals surface area contributed by atoms with Crippen LogP contribution in [0.5, 0.6) is 0 Å². The summed E-state index contributed by atoms with van der Waals surface area (Å²) in [6.45, 7) is 4.40. The molecule has 2 rings (SSSR count). The highest BCUT2D eigenvalue weighted by Crippen LogP contribution is 2.24. The van der Waals surface area contributed by atoms with E-state index in [2.05, 4.69) is 4.98 Å². The summed E-state index contributed by atoms with van der Waals surface area (Å²) >= 11 is 1.26. The third kappa shape index (κ3) is 3.05. The van der Waals surface area contributed by atoms with Gasteiger partial charge in [-0.25, -0.2) is 13.4 Å². The SMILES string of the molecule is Cc1nc(S(=O)(=O)CC2CCCCO2)sc1C. The quantitative estimate of drug-likeness (QED) is 0.847. The predicted octanol–water partition coefficient (Wildman–Crippen LogP) is 2.10. The van der Waals surface area contributed by atoms with E-state index in [9.17, 15) is 8.42 Å². The molecule has 0 saturated carbocycles. The molecule has 1 unspecified atom stereocenters. The summed E-state index contributed by atoms with van der Waals surface area (Å²) in [6.07, 6.45) is 2.77. The number of nitrogens with zero attached hydrogens (tertiary/aromatic N) is 1. The van der Waals surface area contributed by atoms with E-state index in [1.54, 1.807) is 0 Å². The molecule has 1 fully saturated rings. The average Bonchev–Trinajstić information content (AvgIpc) is 2.61. The summed E-state index contributed by atoms with van der Waals surface area (Å²) in [5, 5.41) is 0. The second-order valence-electron chi connectivity index (χ2n) is 4.39. The van der Waals surface area contributed by atoms with E-state index in [1.165, 1.54) is 11.3 Å². The fourth-order valence-electron chi connectivity index (χ4n) is 1.83. The molecule has 2 heterocycles. The Morgan fingerprint density at radius 1 is 1.41 bits per heavy atom. The molecule has 0 aliphatic carbocycles. The van der Waals surface area contributed by atoms with E-state index in [4.69, 9.17) is 4.74 Å². The molecule has 1 aromatic rings. The standard InChI is InChI=1S/C11H17NO3S2/c1-8-9(2)16-11(12-8)17(13,14)7-10-5-3-4-6-15-10/h10H,3-7H2,1-2H3. The van der Waals surface area contributed by atoms with Crippen LogP contribution in [0.1, 0.15) is 29.8 Å². The molecule has 0 N–H and O–H groups in total. The van der Waals surface area contributed by atoms with Gasteiger partial charge in [0.05, 0.1) is 17.6 Å². The summed E-state index contributed by atoms with van der Waals surface area (Å²) in [4.78, 5) is 5.09. The van der Waals surface area contributed by atoms with Gasteiger partial charge in [0.1, 0.15) is 0 Å². The first kappa shape index (κ1) is 13.0. The molecule has 0 spiro atoms. The summed E-state index contributed by atoms with van der Waals surface area (Å²) in [7, 11) is -3.28. The Kier molecular flexibility index (Phi) is 3.85. The molecule has 0 amide bonds. The summed E-state index contributed by atoms with van der Waals surface area (Å²) in [5.41, 5.74) is 0.804. The van der Waals surface area contributed by atoms with E-state index in [0.29, 0.717) is 6.61 Å². The molecule has 4 nitrogen and oxygen atoms in total. The van der Waals surface area contributed by atoms with Crippen molar-refractivity contribution < 1.29 is 13.2 Å². The molecule has 0 aromatic carbocycles. The summed E-state index contributed by atoms with van der Waals surface area (Å²) in [6, 6.07) is 0. The Balaban J connectivity index is 2.12. The molecule has 1 aromatic heterocycles. The van der Waals surface area contributed by atoms with Gasteiger partial charge in [0, 0.05) is 11.5 Å². The average molecular weight is 275 g/mol. The molecular weight excluding hydrogens is 258 g/mol. The highest BCUT2D eigenvalue weighted by molar-refractivity contribution is 7.93. The van der Waals surface area contributed by atoms with Gasteiger partial charge < -0.3 is 4.74 Å². The van der Waals surface area contributed by atoms with Gasteiger partial charge in [-0.3, -0.25) is 0 Å². The molecule has 0 bridgehead atoms. The van der Waals surface area contributed by atoms with Crippen LogP contribution in [-0.4, -0.2) is 31.9 Å². The fourth-order valence-corrected chi connectivity index (χ4v) is 4.73. The molecule has 0 radical (unpaired) electrons. The molecule has 17 heavy (non-hydrogen) atoms. The van der Waals surface area contributed by atoms with Gasteiger partial charge in [-0.1, -0.05) is 0 Å². The first-order valence-corrected chi connectivity index (χ1v) is 8.24. The number of aryl methyl sites for hydroxylation is 2. The second kappa shape index (κ2) is 5.04. The van der Waals surface area contributed by atoms with Crippen molar-refractivity contribution in [1.82, 2.24) is 4.98 Å². The van der Waals surface area contributed by atoms with Crippen LogP contribution < -0.4 is 0 Å². The number of sulfone groups is 1. The number of rotatable bonds is 3. The molecule has 6 heteroatoms. The van der Waals surface area contributed by atoms with Gasteiger partial charge in [-0.15, -0.1) is 11.3 Å². The smallest absolute Gasteiger partial charge is 0.209 e. The Morgan fingerprint density at radius 2 is 2.18 bits per heavy atom. The zero-order valence-electron chi connectivity index (χ0n) is 10.1. The highest BCUT2D eigenvalue weighted by atomic mass is 32.2. The van der Waals surface area contributed by atoms with Gasteiger partial charge in [0.2, 0.25) is 14.2 Å². The lowest BCUT2D eigenvalue weighted by atomic mass is 10.1. The van der Waals surface area contributed by atoms with Crippen LogP contribution in [0.4, 0.5) is 0 Å². The lowest BCUT2D eigenvalue weighted by Gasteiger charge is -2.21. The molecule has 96 valence electrons. The Bertz CT molecular complexity index is 467. The Labute approximate surface area is 106 Å². The van der Waals surface area contributed by atoms with E-state index in [-0.39, 0.29) is 16.2 Å². The number of hydrogen-bond acceptors (Lipinski definition) is 5. The van der Waals surface area contributed by atoms with E-state index < -0.39 is 9.84 Å². The van der Waals surface area contributed by atoms with Gasteiger partial charge in [0.15, 0.2) is 0 Å². The Morgan fingerprint density at radius 3 is 2.71 bits per heavy atom. The van der Waals surface area contributed by atoms with Crippen LogP contribution in [0.2, 0.25) is 0 Å². The predicted molar refractivity (Wildman–Crippen MR) is 67.2 cm³/mol. The van der Waals surface area contributed by atoms with E-state index >= 15 is 0 Å². The Hall–Kier alpha value is -0.460. The molecule has 1 atom stereocenters. The zero-order chi connectivity index (χ0) is 12.5. The lowest BCUT2D eigenvalue weighted by Crippen LogP contribution is -2.27. The van der Waals surface area contributed by atoms with Crippen LogP contribution in [0, 0.1) is 13.8 Å². The lowest BCUT2D eigenvalue weighted by molar-refractivity contribution is 0.0305. The normalized spacial score (nSPS) is 21.6. The fraction of sp³-hybridized carbons (Fsp3) is 0.727. The van der Waals surface area contributed by atoms with Crippen LogP contribution in [0.3, 0.4) is 0 Å². The van der Waals surface area contributed by atoms with Crippen molar-refractivity contribution in [1.29, 1.82) is 0 Å². The van der Waals surface area contributed by atoms with Crippen LogP contribution in [-0.2, 0) is 14.6 Å². The van der Waals surface area contributed by atoms with E-state index in [0.717, 1.165) is 29.8 Å². The van der Waals surface area contributed by atoms with Gasteiger partial charge in [-0.05, 0) is 33.1 Å². The number of thiazole rings is 1. The third-order valence-corrected chi connectivity index (χ3v) is 6.27. The molecular formula is C11H17NO3S2. The maximum atomic E-state index is 12.1. The monoisotopic (exact) mass is 275 g/mol. The van der Waals surface area contributed by atoms with E-state index in [1.807, 2.05) is 13.8 Å². The van der Waals surface area contributed by atoms with Gasteiger partial charge >= 0.3 is 0 Å². The third-order valence-electron chi connectivity index (χ3n) is 2.95. The summed E-state index contributed by atoms with van der Waals surface area (Å²) < 4.78 is 30.0. The first-order chi connectivity index (χ1) is 7.99. The number of ether oxygens (including phenoxy) is 1. The topological polar surface area (TPSA) is 56.3 Å². The zero-order valence-corrected chi connectivity index (χ0v) is 11.7. The number of aromatic nitrogens is 1. The minimum Gasteiger partial charge on any atom is -0.377 e. The van der Waals surface area contributed by atoms with Crippen molar-refractivity contribution in [3.8, 4) is 0 Å². The second-order valence-corrected chi connectivity index (χ2v) is 7.80. The van der Waals surface area contributed by atoms with Crippen molar-refractivity contribution in [2.24, 2.45) is 0 Å². The van der Waals surface area contributed by atoms with Crippen LogP contribution >= 0.6 is 11.3 Å². The first-order valence-electron chi connectivity index (χ1n) is 5.77. The van der Waals surface area contributed by atoms with Crippen LogP contribution in [0.15, 0.2) is 4.34 Å². The maximum absolute atomic E-state index is 12.1. The van der Waals surface area contributed by atoms with Crippen molar-refractivity contribution >= 4 is 21.2 Å². The van der Waals surface area contributed by atoms with Gasteiger partial charge in [-0.2, -0.15) is 0 Å². The number of hydrogen-bond donors (Lipinski definition) is 0. The minimum absolute atomic E-state index is 0.0688. The van der Waals surface area contributed by atoms with Crippen molar-refractivity contribution in [3.05, 3.63) is 10.6 Å². The van der Waals surface area contributed by atoms with Crippen molar-refractivity contribution in [2.45, 2.75) is 43.6 Å². The molecule has 1 aliphatic heterocycles. The highest BCUT2D eigenvalue weighted by Gasteiger charge is 2.26. The largest absolute Gasteiger partial charge is 0.377 e. The summed E-state index contributed by atoms with van der Waals surface area (Å²) in [5.74, 6) is 0.0688. The molecule has 1 saturated heterocycles. The van der Waals surface area contributed by atoms with Gasteiger partial charge in [0.25, 0.3) is 0 Å². The van der Waals surface area contributed by atoms with Crippen LogP contribution in [0.25, 0.3) is 0 Å². The van der Waals surface area contributed by atoms with Crippen molar-refractivity contribution in [2.75, 3.05) is 12.4 Å².